The molecule has 1 heterocycles. The summed E-state index contributed by atoms with van der Waals surface area (Å²) in [5, 5.41) is 0.906. The molecule has 118 valence electrons. The van der Waals surface area contributed by atoms with E-state index < -0.39 is 0 Å². The summed E-state index contributed by atoms with van der Waals surface area (Å²) in [4.78, 5) is 14.0. The molecular formula is C19H19NO3. The number of hydrogen-bond acceptors (Lipinski definition) is 4. The summed E-state index contributed by atoms with van der Waals surface area (Å²) in [5.41, 5.74) is 2.43. The summed E-state index contributed by atoms with van der Waals surface area (Å²) in [6.07, 6.45) is 0. The van der Waals surface area contributed by atoms with E-state index in [2.05, 4.69) is 17.0 Å². The van der Waals surface area contributed by atoms with Crippen molar-refractivity contribution in [1.29, 1.82) is 0 Å². The van der Waals surface area contributed by atoms with Gasteiger partial charge in [0, 0.05) is 24.5 Å². The molecule has 4 nitrogen and oxygen atoms in total. The summed E-state index contributed by atoms with van der Waals surface area (Å²) in [7, 11) is 3.66. The molecule has 0 amide bonds. The molecule has 0 bridgehead atoms. The van der Waals surface area contributed by atoms with Gasteiger partial charge in [0.25, 0.3) is 0 Å². The van der Waals surface area contributed by atoms with E-state index in [0.717, 1.165) is 23.2 Å². The van der Waals surface area contributed by atoms with Crippen molar-refractivity contribution in [2.75, 3.05) is 14.2 Å². The van der Waals surface area contributed by atoms with Gasteiger partial charge >= 0.3 is 5.63 Å². The summed E-state index contributed by atoms with van der Waals surface area (Å²) < 4.78 is 10.5. The van der Waals surface area contributed by atoms with Gasteiger partial charge in [-0.2, -0.15) is 0 Å². The Morgan fingerprint density at radius 3 is 2.57 bits per heavy atom. The van der Waals surface area contributed by atoms with E-state index in [1.54, 1.807) is 25.3 Å². The molecule has 0 fully saturated rings. The molecule has 4 heteroatoms. The number of nitrogens with zero attached hydrogens (tertiary/aromatic N) is 1. The summed E-state index contributed by atoms with van der Waals surface area (Å²) in [6, 6.07) is 17.3. The molecule has 0 spiro atoms. The maximum atomic E-state index is 11.8. The Balaban J connectivity index is 1.90. The molecule has 0 saturated heterocycles. The van der Waals surface area contributed by atoms with E-state index in [9.17, 15) is 4.79 Å². The lowest BCUT2D eigenvalue weighted by Crippen LogP contribution is -2.18. The Kier molecular flexibility index (Phi) is 4.44. The first-order valence-electron chi connectivity index (χ1n) is 7.49. The molecule has 23 heavy (non-hydrogen) atoms. The molecule has 3 aromatic rings. The van der Waals surface area contributed by atoms with Crippen LogP contribution in [-0.2, 0) is 13.1 Å². The first kappa shape index (κ1) is 15.3. The monoisotopic (exact) mass is 309 g/mol. The predicted octanol–water partition coefficient (Wildman–Crippen LogP) is 3.43. The van der Waals surface area contributed by atoms with Gasteiger partial charge in [-0.3, -0.25) is 4.90 Å². The average molecular weight is 309 g/mol. The first-order valence-corrected chi connectivity index (χ1v) is 7.49. The lowest BCUT2D eigenvalue weighted by Gasteiger charge is -2.17. The van der Waals surface area contributed by atoms with Crippen LogP contribution in [0.2, 0.25) is 0 Å². The average Bonchev–Trinajstić information content (AvgIpc) is 2.55. The highest BCUT2D eigenvalue weighted by Crippen LogP contribution is 2.23. The van der Waals surface area contributed by atoms with Crippen molar-refractivity contribution >= 4 is 11.0 Å². The van der Waals surface area contributed by atoms with E-state index in [0.29, 0.717) is 12.1 Å². The Morgan fingerprint density at radius 1 is 1.04 bits per heavy atom. The molecule has 0 radical (unpaired) electrons. The van der Waals surface area contributed by atoms with Crippen LogP contribution in [0.25, 0.3) is 11.0 Å². The van der Waals surface area contributed by atoms with Gasteiger partial charge in [-0.25, -0.2) is 4.79 Å². The smallest absolute Gasteiger partial charge is 0.336 e. The van der Waals surface area contributed by atoms with E-state index >= 15 is 0 Å². The van der Waals surface area contributed by atoms with Crippen molar-refractivity contribution in [3.8, 4) is 5.75 Å². The number of ether oxygens (including phenoxy) is 1. The minimum atomic E-state index is -0.328. The van der Waals surface area contributed by atoms with E-state index in [1.165, 1.54) is 5.56 Å². The molecule has 0 atom stereocenters. The third kappa shape index (κ3) is 3.60. The van der Waals surface area contributed by atoms with E-state index in [4.69, 9.17) is 9.15 Å². The van der Waals surface area contributed by atoms with Crippen LogP contribution in [0.15, 0.2) is 63.8 Å². The Morgan fingerprint density at radius 2 is 1.83 bits per heavy atom. The standard InChI is InChI=1S/C19H19NO3/c1-20(12-14-6-4-3-5-7-14)13-15-10-19(21)23-18-9-8-16(22-2)11-17(15)18/h3-11H,12-13H2,1-2H3. The fraction of sp³-hybridized carbons (Fsp3) is 0.211. The number of benzene rings is 2. The second-order valence-corrected chi connectivity index (χ2v) is 5.61. The van der Waals surface area contributed by atoms with E-state index in [-0.39, 0.29) is 5.63 Å². The second-order valence-electron chi connectivity index (χ2n) is 5.61. The van der Waals surface area contributed by atoms with Crippen LogP contribution >= 0.6 is 0 Å². The Labute approximate surface area is 134 Å². The fourth-order valence-electron chi connectivity index (χ4n) is 2.71. The quantitative estimate of drug-likeness (QED) is 0.677. The Hall–Kier alpha value is -2.59. The summed E-state index contributed by atoms with van der Waals surface area (Å²) >= 11 is 0. The second kappa shape index (κ2) is 6.67. The number of hydrogen-bond donors (Lipinski definition) is 0. The zero-order chi connectivity index (χ0) is 16.2. The van der Waals surface area contributed by atoms with Crippen LogP contribution in [0.1, 0.15) is 11.1 Å². The van der Waals surface area contributed by atoms with Crippen LogP contribution in [0, 0.1) is 0 Å². The van der Waals surface area contributed by atoms with Gasteiger partial charge in [0.15, 0.2) is 0 Å². The van der Waals surface area contributed by atoms with Crippen molar-refractivity contribution in [3.05, 3.63) is 76.1 Å². The third-order valence-electron chi connectivity index (χ3n) is 3.77. The predicted molar refractivity (Wildman–Crippen MR) is 90.6 cm³/mol. The van der Waals surface area contributed by atoms with Crippen molar-refractivity contribution < 1.29 is 9.15 Å². The molecule has 0 saturated carbocycles. The minimum absolute atomic E-state index is 0.328. The van der Waals surface area contributed by atoms with Crippen LogP contribution in [0.4, 0.5) is 0 Å². The molecule has 2 aromatic carbocycles. The van der Waals surface area contributed by atoms with Crippen molar-refractivity contribution in [1.82, 2.24) is 4.90 Å². The number of fused-ring (bicyclic) bond motifs is 1. The third-order valence-corrected chi connectivity index (χ3v) is 3.77. The van der Waals surface area contributed by atoms with E-state index in [1.807, 2.05) is 31.3 Å². The summed E-state index contributed by atoms with van der Waals surface area (Å²) in [6.45, 7) is 1.47. The SMILES string of the molecule is COc1ccc2oc(=O)cc(CN(C)Cc3ccccc3)c2c1. The highest BCUT2D eigenvalue weighted by Gasteiger charge is 2.10. The fourth-order valence-corrected chi connectivity index (χ4v) is 2.71. The van der Waals surface area contributed by atoms with Crippen molar-refractivity contribution in [3.63, 3.8) is 0 Å². The van der Waals surface area contributed by atoms with Gasteiger partial charge in [0.05, 0.1) is 7.11 Å². The topological polar surface area (TPSA) is 42.7 Å². The van der Waals surface area contributed by atoms with Gasteiger partial charge in [0.1, 0.15) is 11.3 Å². The zero-order valence-corrected chi connectivity index (χ0v) is 13.3. The highest BCUT2D eigenvalue weighted by molar-refractivity contribution is 5.81. The molecular weight excluding hydrogens is 290 g/mol. The largest absolute Gasteiger partial charge is 0.497 e. The molecule has 0 aliphatic rings. The molecule has 3 rings (SSSR count). The van der Waals surface area contributed by atoms with Gasteiger partial charge in [-0.05, 0) is 36.4 Å². The van der Waals surface area contributed by atoms with Gasteiger partial charge < -0.3 is 9.15 Å². The van der Waals surface area contributed by atoms with Crippen LogP contribution in [0.3, 0.4) is 0 Å². The molecule has 0 aliphatic heterocycles. The molecule has 0 unspecified atom stereocenters. The van der Waals surface area contributed by atoms with Gasteiger partial charge in [-0.1, -0.05) is 30.3 Å². The molecule has 0 N–H and O–H groups in total. The maximum Gasteiger partial charge on any atom is 0.336 e. The Bertz CT molecular complexity index is 855. The normalized spacial score (nSPS) is 11.1. The maximum absolute atomic E-state index is 11.8. The highest BCUT2D eigenvalue weighted by atomic mass is 16.5. The number of methoxy groups -OCH3 is 1. The molecule has 0 aliphatic carbocycles. The van der Waals surface area contributed by atoms with Crippen molar-refractivity contribution in [2.45, 2.75) is 13.1 Å². The van der Waals surface area contributed by atoms with Gasteiger partial charge in [-0.15, -0.1) is 0 Å². The zero-order valence-electron chi connectivity index (χ0n) is 13.3. The minimum Gasteiger partial charge on any atom is -0.497 e. The van der Waals surface area contributed by atoms with Crippen molar-refractivity contribution in [2.24, 2.45) is 0 Å². The number of rotatable bonds is 5. The van der Waals surface area contributed by atoms with Crippen LogP contribution in [-0.4, -0.2) is 19.1 Å². The lowest BCUT2D eigenvalue weighted by atomic mass is 10.1. The lowest BCUT2D eigenvalue weighted by molar-refractivity contribution is 0.319. The first-order chi connectivity index (χ1) is 11.2. The van der Waals surface area contributed by atoms with Gasteiger partial charge in [0.2, 0.25) is 0 Å². The summed E-state index contributed by atoms with van der Waals surface area (Å²) in [5.74, 6) is 0.748. The molecule has 1 aromatic heterocycles. The van der Waals surface area contributed by atoms with Crippen LogP contribution < -0.4 is 10.4 Å². The van der Waals surface area contributed by atoms with Crippen LogP contribution in [0.5, 0.6) is 5.75 Å².